The topological polar surface area (TPSA) is 79.1 Å². The van der Waals surface area contributed by atoms with Crippen molar-refractivity contribution in [3.8, 4) is 11.5 Å². The molecule has 0 amide bonds. The van der Waals surface area contributed by atoms with Gasteiger partial charge in [0, 0.05) is 15.1 Å². The zero-order valence-electron chi connectivity index (χ0n) is 20.1. The maximum absolute atomic E-state index is 13.7. The predicted octanol–water partition coefficient (Wildman–Crippen LogP) is 4.65. The van der Waals surface area contributed by atoms with Crippen molar-refractivity contribution < 1.29 is 19.0 Å². The summed E-state index contributed by atoms with van der Waals surface area (Å²) in [5.74, 6) is 0.570. The molecule has 0 saturated heterocycles. The maximum Gasteiger partial charge on any atom is 0.337 e. The molecule has 0 spiro atoms. The molecule has 188 valence electrons. The highest BCUT2D eigenvalue weighted by atomic mass is 79.9. The molecule has 0 fully saturated rings. The number of hydrogen-bond acceptors (Lipinski definition) is 7. The molecule has 0 bridgehead atoms. The van der Waals surface area contributed by atoms with Crippen molar-refractivity contribution in [2.45, 2.75) is 26.8 Å². The fourth-order valence-corrected chi connectivity index (χ4v) is 6.08. The van der Waals surface area contributed by atoms with Gasteiger partial charge in [-0.2, -0.15) is 0 Å². The molecule has 0 aliphatic carbocycles. The summed E-state index contributed by atoms with van der Waals surface area (Å²) >= 11 is 8.39. The largest absolute Gasteiger partial charge is 0.490 e. The van der Waals surface area contributed by atoms with Crippen LogP contribution in [0.2, 0.25) is 0 Å². The lowest BCUT2D eigenvalue weighted by atomic mass is 9.97. The average Bonchev–Trinajstić information content (AvgIpc) is 3.17. The van der Waals surface area contributed by atoms with Gasteiger partial charge in [0.25, 0.3) is 5.56 Å². The van der Waals surface area contributed by atoms with Gasteiger partial charge in [0.1, 0.15) is 0 Å². The van der Waals surface area contributed by atoms with Crippen molar-refractivity contribution >= 4 is 55.2 Å². The second kappa shape index (κ2) is 11.1. The van der Waals surface area contributed by atoms with Crippen molar-refractivity contribution in [1.29, 1.82) is 0 Å². The molecule has 1 aliphatic rings. The number of rotatable bonds is 7. The quantitative estimate of drug-likeness (QED) is 0.353. The molecule has 4 rings (SSSR count). The molecule has 1 atom stereocenters. The number of halogens is 2. The number of nitrogens with zero attached hydrogens (tertiary/aromatic N) is 2. The van der Waals surface area contributed by atoms with Crippen LogP contribution in [0.15, 0.2) is 60.8 Å². The van der Waals surface area contributed by atoms with Crippen LogP contribution in [0, 0.1) is 6.92 Å². The monoisotopic (exact) mass is 634 g/mol. The molecule has 2 aromatic carbocycles. The number of fused-ring (bicyclic) bond motifs is 1. The van der Waals surface area contributed by atoms with Crippen molar-refractivity contribution in [2.24, 2.45) is 4.99 Å². The van der Waals surface area contributed by atoms with Gasteiger partial charge in [0.05, 0.1) is 36.5 Å². The minimum Gasteiger partial charge on any atom is -0.490 e. The molecule has 0 unspecified atom stereocenters. The third kappa shape index (κ3) is 5.07. The van der Waals surface area contributed by atoms with Gasteiger partial charge in [-0.15, -0.1) is 0 Å². The zero-order chi connectivity index (χ0) is 26.0. The molecule has 10 heteroatoms. The van der Waals surface area contributed by atoms with Crippen molar-refractivity contribution in [3.05, 3.63) is 87.4 Å². The van der Waals surface area contributed by atoms with Gasteiger partial charge in [0.2, 0.25) is 0 Å². The normalized spacial score (nSPS) is 15.1. The Morgan fingerprint density at radius 2 is 1.78 bits per heavy atom. The minimum absolute atomic E-state index is 0.252. The van der Waals surface area contributed by atoms with E-state index in [4.69, 9.17) is 14.2 Å². The SMILES string of the molecule is CCOc1ccc([C@H]2C(C(=O)OC)=CN=c3s/c(=C/c4cc(Br)c(C)c(Br)c4)c(=O)n32)cc1OCC. The van der Waals surface area contributed by atoms with Gasteiger partial charge >= 0.3 is 5.97 Å². The second-order valence-electron chi connectivity index (χ2n) is 7.86. The van der Waals surface area contributed by atoms with Gasteiger partial charge in [-0.25, -0.2) is 9.79 Å². The summed E-state index contributed by atoms with van der Waals surface area (Å²) in [6.45, 7) is 6.69. The van der Waals surface area contributed by atoms with E-state index in [0.29, 0.717) is 39.6 Å². The zero-order valence-corrected chi connectivity index (χ0v) is 24.1. The van der Waals surface area contributed by atoms with E-state index < -0.39 is 12.0 Å². The third-order valence-electron chi connectivity index (χ3n) is 5.61. The Labute approximate surface area is 229 Å². The Morgan fingerprint density at radius 3 is 2.42 bits per heavy atom. The first-order valence-corrected chi connectivity index (χ1v) is 13.6. The van der Waals surface area contributed by atoms with Crippen LogP contribution in [0.4, 0.5) is 0 Å². The first-order valence-electron chi connectivity index (χ1n) is 11.2. The van der Waals surface area contributed by atoms with E-state index in [1.54, 1.807) is 12.1 Å². The summed E-state index contributed by atoms with van der Waals surface area (Å²) in [6.07, 6.45) is 3.29. The number of carbonyl (C=O) groups excluding carboxylic acids is 1. The second-order valence-corrected chi connectivity index (χ2v) is 10.6. The van der Waals surface area contributed by atoms with Crippen LogP contribution >= 0.6 is 43.2 Å². The van der Waals surface area contributed by atoms with E-state index in [2.05, 4.69) is 36.9 Å². The Morgan fingerprint density at radius 1 is 1.11 bits per heavy atom. The van der Waals surface area contributed by atoms with E-state index in [9.17, 15) is 9.59 Å². The van der Waals surface area contributed by atoms with Gasteiger partial charge in [-0.3, -0.25) is 9.36 Å². The van der Waals surface area contributed by atoms with Crippen LogP contribution in [0.3, 0.4) is 0 Å². The lowest BCUT2D eigenvalue weighted by molar-refractivity contribution is -0.136. The molecular formula is C26H24Br2N2O5S. The fraction of sp³-hybridized carbons (Fsp3) is 0.269. The fourth-order valence-electron chi connectivity index (χ4n) is 3.89. The smallest absolute Gasteiger partial charge is 0.337 e. The van der Waals surface area contributed by atoms with E-state index >= 15 is 0 Å². The highest BCUT2D eigenvalue weighted by molar-refractivity contribution is 9.11. The number of esters is 1. The maximum atomic E-state index is 13.7. The van der Waals surface area contributed by atoms with Crippen LogP contribution in [0.5, 0.6) is 11.5 Å². The lowest BCUT2D eigenvalue weighted by Gasteiger charge is -2.23. The first-order chi connectivity index (χ1) is 17.3. The van der Waals surface area contributed by atoms with Gasteiger partial charge in [0.15, 0.2) is 16.3 Å². The molecule has 3 aromatic rings. The van der Waals surface area contributed by atoms with Crippen LogP contribution in [-0.4, -0.2) is 30.9 Å². The molecule has 1 aromatic heterocycles. The number of aromatic nitrogens is 1. The van der Waals surface area contributed by atoms with E-state index in [0.717, 1.165) is 20.1 Å². The molecule has 0 saturated carbocycles. The van der Waals surface area contributed by atoms with Crippen molar-refractivity contribution in [1.82, 2.24) is 4.57 Å². The highest BCUT2D eigenvalue weighted by Crippen LogP contribution is 2.35. The van der Waals surface area contributed by atoms with E-state index in [1.807, 2.05) is 45.0 Å². The summed E-state index contributed by atoms with van der Waals surface area (Å²) in [5.41, 5.74) is 2.61. The van der Waals surface area contributed by atoms with Crippen LogP contribution in [0.25, 0.3) is 6.08 Å². The number of hydrogen-bond donors (Lipinski definition) is 0. The van der Waals surface area contributed by atoms with Crippen molar-refractivity contribution in [3.63, 3.8) is 0 Å². The Hall–Kier alpha value is -2.69. The molecule has 2 heterocycles. The number of thiazole rings is 1. The Balaban J connectivity index is 1.91. The molecule has 1 aliphatic heterocycles. The average molecular weight is 636 g/mol. The Kier molecular flexibility index (Phi) is 8.17. The summed E-state index contributed by atoms with van der Waals surface area (Å²) in [7, 11) is 1.31. The Bertz CT molecular complexity index is 1520. The van der Waals surface area contributed by atoms with Crippen LogP contribution in [-0.2, 0) is 9.53 Å². The number of carbonyl (C=O) groups is 1. The van der Waals surface area contributed by atoms with E-state index in [1.165, 1.54) is 29.2 Å². The summed E-state index contributed by atoms with van der Waals surface area (Å²) < 4.78 is 20.4. The molecule has 7 nitrogen and oxygen atoms in total. The summed E-state index contributed by atoms with van der Waals surface area (Å²) in [6, 6.07) is 8.59. The van der Waals surface area contributed by atoms with Gasteiger partial charge < -0.3 is 14.2 Å². The lowest BCUT2D eigenvalue weighted by Crippen LogP contribution is -2.39. The molecular weight excluding hydrogens is 612 g/mol. The van der Waals surface area contributed by atoms with Gasteiger partial charge in [-0.1, -0.05) is 49.3 Å². The first kappa shape index (κ1) is 26.4. The molecule has 36 heavy (non-hydrogen) atoms. The molecule has 0 radical (unpaired) electrons. The number of methoxy groups -OCH3 is 1. The standard InChI is InChI=1S/C26H24Br2N2O5S/c1-5-34-20-8-7-16(12-21(20)35-6-2)23-17(25(32)33-4)13-29-26-30(23)24(31)22(36-26)11-15-9-18(27)14(3)19(28)10-15/h7-13,23H,5-6H2,1-4H3/b22-11+/t23-/m0/s1. The third-order valence-corrected chi connectivity index (χ3v) is 8.25. The summed E-state index contributed by atoms with van der Waals surface area (Å²) in [4.78, 5) is 31.3. The summed E-state index contributed by atoms with van der Waals surface area (Å²) in [5, 5.41) is 0. The predicted molar refractivity (Wildman–Crippen MR) is 147 cm³/mol. The number of ether oxygens (including phenoxy) is 3. The minimum atomic E-state index is -0.734. The number of benzene rings is 2. The molecule has 0 N–H and O–H groups in total. The van der Waals surface area contributed by atoms with Crippen molar-refractivity contribution in [2.75, 3.05) is 20.3 Å². The highest BCUT2D eigenvalue weighted by Gasteiger charge is 2.31. The van der Waals surface area contributed by atoms with E-state index in [-0.39, 0.29) is 11.1 Å². The van der Waals surface area contributed by atoms with Crippen LogP contribution < -0.4 is 24.4 Å². The van der Waals surface area contributed by atoms with Gasteiger partial charge in [-0.05, 0) is 67.8 Å². The van der Waals surface area contributed by atoms with Crippen LogP contribution in [0.1, 0.15) is 36.6 Å².